The van der Waals surface area contributed by atoms with Crippen molar-refractivity contribution < 1.29 is 14.3 Å². The van der Waals surface area contributed by atoms with Gasteiger partial charge in [0, 0.05) is 22.5 Å². The maximum Gasteiger partial charge on any atom is 0.339 e. The third kappa shape index (κ3) is 4.47. The summed E-state index contributed by atoms with van der Waals surface area (Å²) in [7, 11) is 1.32. The quantitative estimate of drug-likeness (QED) is 0.605. The molecular weight excluding hydrogens is 378 g/mol. The van der Waals surface area contributed by atoms with Gasteiger partial charge < -0.3 is 15.4 Å². The van der Waals surface area contributed by atoms with E-state index in [1.165, 1.54) is 13.3 Å². The molecule has 0 atom stereocenters. The first-order valence-corrected chi connectivity index (χ1v) is 8.83. The van der Waals surface area contributed by atoms with E-state index in [0.29, 0.717) is 33.3 Å². The molecule has 3 aromatic rings. The van der Waals surface area contributed by atoms with Gasteiger partial charge in [0.25, 0.3) is 5.91 Å². The average molecular weight is 396 g/mol. The molecule has 3 rings (SSSR count). The van der Waals surface area contributed by atoms with Crippen LogP contribution < -0.4 is 10.6 Å². The lowest BCUT2D eigenvalue weighted by molar-refractivity contribution is 0.0601. The summed E-state index contributed by atoms with van der Waals surface area (Å²) >= 11 is 5.95. The first-order chi connectivity index (χ1) is 13.5. The molecule has 0 aliphatic heterocycles. The maximum atomic E-state index is 12.6. The fourth-order valence-electron chi connectivity index (χ4n) is 2.62. The van der Waals surface area contributed by atoms with Crippen molar-refractivity contribution in [3.05, 3.63) is 82.5 Å². The monoisotopic (exact) mass is 395 g/mol. The number of nitrogens with one attached hydrogen (secondary N) is 2. The third-order valence-electron chi connectivity index (χ3n) is 4.05. The summed E-state index contributed by atoms with van der Waals surface area (Å²) in [6.07, 6.45) is 1.52. The Bertz CT molecular complexity index is 1040. The van der Waals surface area contributed by atoms with Crippen LogP contribution in [0.3, 0.4) is 0 Å². The molecule has 1 amide bonds. The van der Waals surface area contributed by atoms with Crippen LogP contribution >= 0.6 is 11.6 Å². The Hall–Kier alpha value is -3.38. The number of aromatic nitrogens is 1. The number of pyridine rings is 1. The molecule has 0 bridgehead atoms. The normalized spacial score (nSPS) is 10.2. The van der Waals surface area contributed by atoms with E-state index in [1.807, 2.05) is 6.92 Å². The zero-order chi connectivity index (χ0) is 20.1. The Morgan fingerprint density at radius 1 is 1.04 bits per heavy atom. The second-order valence-electron chi connectivity index (χ2n) is 6.01. The van der Waals surface area contributed by atoms with Gasteiger partial charge in [-0.2, -0.15) is 0 Å². The van der Waals surface area contributed by atoms with Crippen LogP contribution in [0.25, 0.3) is 0 Å². The SMILES string of the molecule is COC(=O)c1ccccc1Nc1cc(C(=O)Nc2ccc(Cl)cc2C)ccn1. The molecule has 7 heteroatoms. The molecule has 0 spiro atoms. The first-order valence-electron chi connectivity index (χ1n) is 8.46. The number of esters is 1. The molecule has 1 aromatic heterocycles. The summed E-state index contributed by atoms with van der Waals surface area (Å²) in [6, 6.07) is 15.4. The highest BCUT2D eigenvalue weighted by atomic mass is 35.5. The fourth-order valence-corrected chi connectivity index (χ4v) is 2.85. The van der Waals surface area contributed by atoms with Gasteiger partial charge in [-0.05, 0) is 55.0 Å². The number of rotatable bonds is 5. The molecule has 2 N–H and O–H groups in total. The van der Waals surface area contributed by atoms with Crippen molar-refractivity contribution in [1.29, 1.82) is 0 Å². The van der Waals surface area contributed by atoms with E-state index in [4.69, 9.17) is 16.3 Å². The number of carbonyl (C=O) groups is 2. The summed E-state index contributed by atoms with van der Waals surface area (Å²) in [5.41, 5.74) is 2.87. The van der Waals surface area contributed by atoms with Gasteiger partial charge in [-0.1, -0.05) is 23.7 Å². The van der Waals surface area contributed by atoms with E-state index >= 15 is 0 Å². The lowest BCUT2D eigenvalue weighted by Crippen LogP contribution is -2.13. The molecule has 0 unspecified atom stereocenters. The van der Waals surface area contributed by atoms with Gasteiger partial charge in [-0.25, -0.2) is 9.78 Å². The molecule has 0 saturated heterocycles. The van der Waals surface area contributed by atoms with Crippen LogP contribution in [0.2, 0.25) is 5.02 Å². The van der Waals surface area contributed by atoms with E-state index in [1.54, 1.807) is 54.6 Å². The lowest BCUT2D eigenvalue weighted by Gasteiger charge is -2.12. The third-order valence-corrected chi connectivity index (χ3v) is 4.29. The van der Waals surface area contributed by atoms with Gasteiger partial charge in [0.15, 0.2) is 0 Å². The molecule has 0 saturated carbocycles. The number of para-hydroxylation sites is 1. The van der Waals surface area contributed by atoms with E-state index < -0.39 is 5.97 Å². The highest BCUT2D eigenvalue weighted by Gasteiger charge is 2.13. The smallest absolute Gasteiger partial charge is 0.339 e. The maximum absolute atomic E-state index is 12.6. The van der Waals surface area contributed by atoms with E-state index in [9.17, 15) is 9.59 Å². The summed E-state index contributed by atoms with van der Waals surface area (Å²) in [6.45, 7) is 1.87. The number of hydrogen-bond donors (Lipinski definition) is 2. The molecular formula is C21H18ClN3O3. The number of amides is 1. The number of benzene rings is 2. The minimum absolute atomic E-state index is 0.280. The predicted octanol–water partition coefficient (Wildman–Crippen LogP) is 4.83. The van der Waals surface area contributed by atoms with Crippen molar-refractivity contribution in [2.24, 2.45) is 0 Å². The van der Waals surface area contributed by atoms with Gasteiger partial charge in [0.05, 0.1) is 18.4 Å². The zero-order valence-corrected chi connectivity index (χ0v) is 16.1. The van der Waals surface area contributed by atoms with Crippen LogP contribution in [-0.4, -0.2) is 24.0 Å². The molecule has 0 fully saturated rings. The Morgan fingerprint density at radius 2 is 1.82 bits per heavy atom. The number of methoxy groups -OCH3 is 1. The highest BCUT2D eigenvalue weighted by Crippen LogP contribution is 2.23. The lowest BCUT2D eigenvalue weighted by atomic mass is 10.1. The molecule has 1 heterocycles. The second kappa shape index (κ2) is 8.54. The van der Waals surface area contributed by atoms with Crippen LogP contribution in [0.4, 0.5) is 17.2 Å². The summed E-state index contributed by atoms with van der Waals surface area (Å²) in [5.74, 6) is -0.316. The molecule has 28 heavy (non-hydrogen) atoms. The molecule has 0 radical (unpaired) electrons. The topological polar surface area (TPSA) is 80.3 Å². The van der Waals surface area contributed by atoms with Gasteiger partial charge in [-0.3, -0.25) is 4.79 Å². The van der Waals surface area contributed by atoms with Crippen LogP contribution in [0.5, 0.6) is 0 Å². The molecule has 142 valence electrons. The Labute approximate surface area is 167 Å². The minimum Gasteiger partial charge on any atom is -0.465 e. The fraction of sp³-hybridized carbons (Fsp3) is 0.0952. The number of halogens is 1. The first kappa shape index (κ1) is 19.4. The van der Waals surface area contributed by atoms with Crippen LogP contribution in [-0.2, 0) is 4.74 Å². The van der Waals surface area contributed by atoms with E-state index in [-0.39, 0.29) is 5.91 Å². The summed E-state index contributed by atoms with van der Waals surface area (Å²) in [5, 5.41) is 6.52. The number of anilines is 3. The minimum atomic E-state index is -0.463. The van der Waals surface area contributed by atoms with Crippen molar-refractivity contribution in [3.8, 4) is 0 Å². The number of aryl methyl sites for hydroxylation is 1. The molecule has 0 aliphatic carbocycles. The van der Waals surface area contributed by atoms with Gasteiger partial charge in [0.2, 0.25) is 0 Å². The standard InChI is InChI=1S/C21H18ClN3O3/c1-13-11-15(22)7-8-17(13)25-20(26)14-9-10-23-19(12-14)24-18-6-4-3-5-16(18)21(27)28-2/h3-12H,1-2H3,(H,23,24)(H,25,26). The van der Waals surface area contributed by atoms with Crippen LogP contribution in [0.1, 0.15) is 26.3 Å². The van der Waals surface area contributed by atoms with Crippen LogP contribution in [0.15, 0.2) is 60.8 Å². The largest absolute Gasteiger partial charge is 0.465 e. The zero-order valence-electron chi connectivity index (χ0n) is 15.3. The summed E-state index contributed by atoms with van der Waals surface area (Å²) in [4.78, 5) is 28.7. The van der Waals surface area contributed by atoms with Gasteiger partial charge in [-0.15, -0.1) is 0 Å². The second-order valence-corrected chi connectivity index (χ2v) is 6.44. The average Bonchev–Trinajstić information content (AvgIpc) is 2.70. The molecule has 6 nitrogen and oxygen atoms in total. The Balaban J connectivity index is 1.81. The van der Waals surface area contributed by atoms with Crippen molar-refractivity contribution in [2.75, 3.05) is 17.7 Å². The van der Waals surface area contributed by atoms with Crippen LogP contribution in [0, 0.1) is 6.92 Å². The van der Waals surface area contributed by atoms with Crippen molar-refractivity contribution in [2.45, 2.75) is 6.92 Å². The molecule has 2 aromatic carbocycles. The number of ether oxygens (including phenoxy) is 1. The summed E-state index contributed by atoms with van der Waals surface area (Å²) < 4.78 is 4.79. The highest BCUT2D eigenvalue weighted by molar-refractivity contribution is 6.30. The number of hydrogen-bond acceptors (Lipinski definition) is 5. The number of carbonyl (C=O) groups excluding carboxylic acids is 2. The van der Waals surface area contributed by atoms with Crippen molar-refractivity contribution in [3.63, 3.8) is 0 Å². The Morgan fingerprint density at radius 3 is 2.57 bits per heavy atom. The van der Waals surface area contributed by atoms with Gasteiger partial charge in [0.1, 0.15) is 5.82 Å². The van der Waals surface area contributed by atoms with E-state index in [0.717, 1.165) is 5.56 Å². The number of nitrogens with zero attached hydrogens (tertiary/aromatic N) is 1. The van der Waals surface area contributed by atoms with Crippen molar-refractivity contribution >= 4 is 40.7 Å². The Kier molecular flexibility index (Phi) is 5.91. The van der Waals surface area contributed by atoms with E-state index in [2.05, 4.69) is 15.6 Å². The van der Waals surface area contributed by atoms with Crippen molar-refractivity contribution in [1.82, 2.24) is 4.98 Å². The molecule has 0 aliphatic rings. The van der Waals surface area contributed by atoms with Gasteiger partial charge >= 0.3 is 5.97 Å². The predicted molar refractivity (Wildman–Crippen MR) is 109 cm³/mol.